The maximum absolute atomic E-state index is 13.4. The molecule has 0 aliphatic heterocycles. The van der Waals surface area contributed by atoms with E-state index >= 15 is 0 Å². The lowest BCUT2D eigenvalue weighted by atomic mass is 10.0. The number of pyridine rings is 1. The number of nitrogens with zero attached hydrogens (tertiary/aromatic N) is 6. The molecule has 0 bridgehead atoms. The van der Waals surface area contributed by atoms with E-state index in [1.165, 1.54) is 0 Å². The van der Waals surface area contributed by atoms with Crippen molar-refractivity contribution in [3.8, 4) is 0 Å². The number of aromatic nitrogens is 6. The molecule has 9 nitrogen and oxygen atoms in total. The summed E-state index contributed by atoms with van der Waals surface area (Å²) in [6, 6.07) is 9.04. The van der Waals surface area contributed by atoms with Crippen LogP contribution in [0.1, 0.15) is 45.8 Å². The van der Waals surface area contributed by atoms with Crippen LogP contribution < -0.4 is 10.9 Å². The molecule has 0 saturated carbocycles. The second-order valence-corrected chi connectivity index (χ2v) is 8.57. The van der Waals surface area contributed by atoms with Gasteiger partial charge in [0.15, 0.2) is 5.65 Å². The lowest BCUT2D eigenvalue weighted by molar-refractivity contribution is 0.0939. The average molecular weight is 468 g/mol. The highest BCUT2D eigenvalue weighted by molar-refractivity contribution is 6.01. The zero-order valence-corrected chi connectivity index (χ0v) is 19.9. The van der Waals surface area contributed by atoms with E-state index in [1.54, 1.807) is 52.4 Å². The number of hydrogen-bond acceptors (Lipinski definition) is 5. The Bertz CT molecular complexity index is 1670. The van der Waals surface area contributed by atoms with Gasteiger partial charge in [0.2, 0.25) is 0 Å². The summed E-state index contributed by atoms with van der Waals surface area (Å²) in [4.78, 5) is 30.9. The van der Waals surface area contributed by atoms with Crippen LogP contribution in [0.5, 0.6) is 0 Å². The Labute approximate surface area is 201 Å². The molecule has 0 aliphatic carbocycles. The molecule has 1 amide bonds. The molecule has 5 rings (SSSR count). The van der Waals surface area contributed by atoms with Gasteiger partial charge in [0, 0.05) is 43.9 Å². The molecular formula is C26H25N7O2. The smallest absolute Gasteiger partial charge is 0.259 e. The van der Waals surface area contributed by atoms with Crippen molar-refractivity contribution in [3.05, 3.63) is 93.6 Å². The number of amides is 1. The summed E-state index contributed by atoms with van der Waals surface area (Å²) in [7, 11) is 3.59. The predicted molar refractivity (Wildman–Crippen MR) is 135 cm³/mol. The Balaban J connectivity index is 1.49. The van der Waals surface area contributed by atoms with Gasteiger partial charge >= 0.3 is 0 Å². The van der Waals surface area contributed by atoms with Gasteiger partial charge in [-0.2, -0.15) is 10.2 Å². The SMILES string of the molecule is Cc1nn2cccnc2c1C(=O)NC(C)c1cc2cccc(/C=C/c3cnn(C)c3)c2c(=O)n1C. The van der Waals surface area contributed by atoms with Crippen LogP contribution in [0, 0.1) is 6.92 Å². The molecule has 1 atom stereocenters. The van der Waals surface area contributed by atoms with Crippen LogP contribution in [0.2, 0.25) is 0 Å². The largest absolute Gasteiger partial charge is 0.344 e. The van der Waals surface area contributed by atoms with Gasteiger partial charge in [-0.3, -0.25) is 14.3 Å². The van der Waals surface area contributed by atoms with E-state index in [9.17, 15) is 9.59 Å². The van der Waals surface area contributed by atoms with E-state index < -0.39 is 6.04 Å². The van der Waals surface area contributed by atoms with Crippen LogP contribution in [0.3, 0.4) is 0 Å². The van der Waals surface area contributed by atoms with Crippen molar-refractivity contribution in [1.29, 1.82) is 0 Å². The molecule has 0 radical (unpaired) electrons. The summed E-state index contributed by atoms with van der Waals surface area (Å²) in [5.74, 6) is -0.288. The highest BCUT2D eigenvalue weighted by Crippen LogP contribution is 2.22. The van der Waals surface area contributed by atoms with Crippen molar-refractivity contribution in [1.82, 2.24) is 34.3 Å². The number of aryl methyl sites for hydroxylation is 2. The minimum atomic E-state index is -0.419. The van der Waals surface area contributed by atoms with Gasteiger partial charge in [-0.05, 0) is 36.9 Å². The topological polar surface area (TPSA) is 99.1 Å². The van der Waals surface area contributed by atoms with Crippen LogP contribution in [0.15, 0.2) is 59.9 Å². The van der Waals surface area contributed by atoms with Crippen molar-refractivity contribution >= 4 is 34.5 Å². The highest BCUT2D eigenvalue weighted by atomic mass is 16.2. The first-order valence-corrected chi connectivity index (χ1v) is 11.2. The Morgan fingerprint density at radius 2 is 2.00 bits per heavy atom. The fraction of sp³-hybridized carbons (Fsp3) is 0.192. The van der Waals surface area contributed by atoms with E-state index in [0.29, 0.717) is 28.0 Å². The van der Waals surface area contributed by atoms with Crippen molar-refractivity contribution in [2.45, 2.75) is 19.9 Å². The van der Waals surface area contributed by atoms with Gasteiger partial charge in [-0.1, -0.05) is 30.4 Å². The standard InChI is InChI=1S/C26H25N7O2/c1-16(29-25(34)22-17(2)30-33-12-6-11-27-24(22)33)21-13-20-8-5-7-19(23(20)26(35)32(21)4)10-9-18-14-28-31(3)15-18/h5-16H,1-4H3,(H,29,34)/b10-9+. The third-order valence-corrected chi connectivity index (χ3v) is 6.11. The van der Waals surface area contributed by atoms with Gasteiger partial charge < -0.3 is 9.88 Å². The fourth-order valence-electron chi connectivity index (χ4n) is 4.37. The number of benzene rings is 1. The van der Waals surface area contributed by atoms with Gasteiger partial charge in [0.05, 0.1) is 23.3 Å². The third kappa shape index (κ3) is 4.01. The number of carbonyl (C=O) groups is 1. The van der Waals surface area contributed by atoms with Crippen molar-refractivity contribution in [3.63, 3.8) is 0 Å². The van der Waals surface area contributed by atoms with E-state index in [1.807, 2.05) is 56.6 Å². The number of carbonyl (C=O) groups excluding carboxylic acids is 1. The fourth-order valence-corrected chi connectivity index (χ4v) is 4.37. The maximum Gasteiger partial charge on any atom is 0.259 e. The van der Waals surface area contributed by atoms with E-state index in [4.69, 9.17) is 0 Å². The first-order chi connectivity index (χ1) is 16.8. The molecule has 1 aromatic carbocycles. The molecule has 176 valence electrons. The van der Waals surface area contributed by atoms with Gasteiger partial charge in [-0.15, -0.1) is 0 Å². The Hall–Kier alpha value is -4.53. The number of rotatable bonds is 5. The quantitative estimate of drug-likeness (QED) is 0.428. The summed E-state index contributed by atoms with van der Waals surface area (Å²) < 4.78 is 4.91. The maximum atomic E-state index is 13.4. The minimum Gasteiger partial charge on any atom is -0.344 e. The van der Waals surface area contributed by atoms with Crippen molar-refractivity contribution < 1.29 is 4.79 Å². The lowest BCUT2D eigenvalue weighted by Crippen LogP contribution is -2.32. The summed E-state index contributed by atoms with van der Waals surface area (Å²) >= 11 is 0. The van der Waals surface area contributed by atoms with Crippen LogP contribution in [0.4, 0.5) is 0 Å². The number of fused-ring (bicyclic) bond motifs is 2. The molecule has 1 unspecified atom stereocenters. The number of hydrogen-bond donors (Lipinski definition) is 1. The van der Waals surface area contributed by atoms with Crippen molar-refractivity contribution in [2.75, 3.05) is 0 Å². The Morgan fingerprint density at radius 1 is 1.17 bits per heavy atom. The second-order valence-electron chi connectivity index (χ2n) is 8.57. The molecular weight excluding hydrogens is 442 g/mol. The molecule has 0 spiro atoms. The summed E-state index contributed by atoms with van der Waals surface area (Å²) in [6.07, 6.45) is 10.9. The lowest BCUT2D eigenvalue weighted by Gasteiger charge is -2.19. The van der Waals surface area contributed by atoms with Gasteiger partial charge in [0.1, 0.15) is 5.56 Å². The predicted octanol–water partition coefficient (Wildman–Crippen LogP) is 3.28. The molecule has 4 aromatic heterocycles. The highest BCUT2D eigenvalue weighted by Gasteiger charge is 2.22. The molecule has 0 aliphatic rings. The zero-order chi connectivity index (χ0) is 24.7. The summed E-state index contributed by atoms with van der Waals surface area (Å²) in [5, 5.41) is 13.0. The van der Waals surface area contributed by atoms with Gasteiger partial charge in [-0.25, -0.2) is 9.50 Å². The molecule has 1 N–H and O–H groups in total. The van der Waals surface area contributed by atoms with E-state index in [-0.39, 0.29) is 11.5 Å². The molecule has 5 aromatic rings. The van der Waals surface area contributed by atoms with E-state index in [0.717, 1.165) is 16.5 Å². The van der Waals surface area contributed by atoms with Crippen LogP contribution in [-0.4, -0.2) is 34.9 Å². The first-order valence-electron chi connectivity index (χ1n) is 11.2. The van der Waals surface area contributed by atoms with Gasteiger partial charge in [0.25, 0.3) is 11.5 Å². The Kier molecular flexibility index (Phi) is 5.52. The van der Waals surface area contributed by atoms with Crippen LogP contribution in [-0.2, 0) is 14.1 Å². The van der Waals surface area contributed by atoms with E-state index in [2.05, 4.69) is 20.5 Å². The zero-order valence-electron chi connectivity index (χ0n) is 19.9. The van der Waals surface area contributed by atoms with Crippen molar-refractivity contribution in [2.24, 2.45) is 14.1 Å². The summed E-state index contributed by atoms with van der Waals surface area (Å²) in [6.45, 7) is 3.64. The molecule has 9 heteroatoms. The monoisotopic (exact) mass is 467 g/mol. The van der Waals surface area contributed by atoms with Crippen LogP contribution in [0.25, 0.3) is 28.6 Å². The third-order valence-electron chi connectivity index (χ3n) is 6.11. The van der Waals surface area contributed by atoms with Crippen LogP contribution >= 0.6 is 0 Å². The summed E-state index contributed by atoms with van der Waals surface area (Å²) in [5.41, 5.74) is 3.85. The Morgan fingerprint density at radius 3 is 2.77 bits per heavy atom. The molecule has 0 fully saturated rings. The minimum absolute atomic E-state index is 0.126. The molecule has 35 heavy (non-hydrogen) atoms. The molecule has 0 saturated heterocycles. The second kappa shape index (κ2) is 8.68. The number of nitrogens with one attached hydrogen (secondary N) is 1. The first kappa shape index (κ1) is 22.3. The molecule has 4 heterocycles. The normalized spacial score (nSPS) is 12.6. The average Bonchev–Trinajstić information content (AvgIpc) is 3.41.